The second-order valence-corrected chi connectivity index (χ2v) is 7.49. The van der Waals surface area contributed by atoms with Crippen LogP contribution in [-0.2, 0) is 19.1 Å². The molecular formula is C22H30N2O4S. The van der Waals surface area contributed by atoms with E-state index >= 15 is 0 Å². The summed E-state index contributed by atoms with van der Waals surface area (Å²) in [6, 6.07) is 0.312. The van der Waals surface area contributed by atoms with Crippen molar-refractivity contribution in [3.8, 4) is 11.8 Å². The van der Waals surface area contributed by atoms with E-state index in [1.54, 1.807) is 12.2 Å². The Hall–Kier alpha value is -2.17. The lowest BCUT2D eigenvalue weighted by atomic mass is 9.96. The fraction of sp³-hybridized carbons (Fsp3) is 0.591. The van der Waals surface area contributed by atoms with Crippen LogP contribution in [-0.4, -0.2) is 61.2 Å². The largest absolute Gasteiger partial charge is 0.469 e. The van der Waals surface area contributed by atoms with Crippen molar-refractivity contribution in [1.82, 2.24) is 10.2 Å². The molecule has 1 aliphatic heterocycles. The van der Waals surface area contributed by atoms with Gasteiger partial charge in [0, 0.05) is 31.3 Å². The number of hydrogen-bond acceptors (Lipinski definition) is 6. The third-order valence-corrected chi connectivity index (χ3v) is 5.29. The van der Waals surface area contributed by atoms with E-state index in [1.807, 2.05) is 12.2 Å². The maximum atomic E-state index is 11.7. The highest BCUT2D eigenvalue weighted by Gasteiger charge is 2.24. The van der Waals surface area contributed by atoms with Crippen molar-refractivity contribution >= 4 is 29.1 Å². The second-order valence-electron chi connectivity index (χ2n) is 7.12. The molecular weight excluding hydrogens is 388 g/mol. The Kier molecular flexibility index (Phi) is 10.5. The predicted octanol–water partition coefficient (Wildman–Crippen LogP) is 2.39. The monoisotopic (exact) mass is 418 g/mol. The minimum atomic E-state index is -0.188. The van der Waals surface area contributed by atoms with E-state index in [9.17, 15) is 9.59 Å². The smallest absolute Gasteiger partial charge is 0.305 e. The van der Waals surface area contributed by atoms with Gasteiger partial charge >= 0.3 is 5.97 Å². The van der Waals surface area contributed by atoms with Gasteiger partial charge in [-0.1, -0.05) is 24.1 Å². The second kappa shape index (κ2) is 13.1. The molecule has 2 rings (SSSR count). The number of ketones is 1. The van der Waals surface area contributed by atoms with Gasteiger partial charge in [-0.3, -0.25) is 14.5 Å². The summed E-state index contributed by atoms with van der Waals surface area (Å²) in [5.41, 5.74) is 0. The van der Waals surface area contributed by atoms with Crippen LogP contribution in [0.2, 0.25) is 0 Å². The Balaban J connectivity index is 1.59. The molecule has 1 unspecified atom stereocenters. The molecule has 29 heavy (non-hydrogen) atoms. The number of hydrogen-bond donors (Lipinski definition) is 1. The van der Waals surface area contributed by atoms with Crippen LogP contribution in [0.15, 0.2) is 24.3 Å². The standard InChI is InChI=1S/C22H30N2O4S/c1-27-21(26)12-4-2-3-7-15-24-16-8-10-19(24)17-28-22(29)23-14-13-18-9-5-6-11-20(18)25/h5-6,9,11,18-19H,2,4,8,10,12-17H2,1H3,(H,23,29)/t18?,19-/m1/s1. The first-order chi connectivity index (χ1) is 14.1. The van der Waals surface area contributed by atoms with Gasteiger partial charge in [-0.05, 0) is 50.5 Å². The van der Waals surface area contributed by atoms with Crippen molar-refractivity contribution in [1.29, 1.82) is 0 Å². The van der Waals surface area contributed by atoms with Gasteiger partial charge in [-0.15, -0.1) is 5.92 Å². The van der Waals surface area contributed by atoms with Crippen molar-refractivity contribution in [2.24, 2.45) is 5.92 Å². The number of thiocarbonyl (C=S) groups is 1. The summed E-state index contributed by atoms with van der Waals surface area (Å²) in [4.78, 5) is 25.1. The van der Waals surface area contributed by atoms with E-state index in [-0.39, 0.29) is 17.7 Å². The topological polar surface area (TPSA) is 67.9 Å². The molecule has 0 aromatic rings. The molecule has 0 bridgehead atoms. The average molecular weight is 419 g/mol. The Bertz CT molecular complexity index is 693. The molecule has 0 radical (unpaired) electrons. The molecule has 1 saturated heterocycles. The molecule has 1 heterocycles. The van der Waals surface area contributed by atoms with Crippen LogP contribution in [0.4, 0.5) is 0 Å². The number of esters is 1. The lowest BCUT2D eigenvalue weighted by molar-refractivity contribution is -0.140. The number of methoxy groups -OCH3 is 1. The molecule has 0 amide bonds. The molecule has 0 aromatic carbocycles. The fourth-order valence-electron chi connectivity index (χ4n) is 3.32. The highest BCUT2D eigenvalue weighted by molar-refractivity contribution is 7.80. The number of carbonyl (C=O) groups is 2. The van der Waals surface area contributed by atoms with Crippen molar-refractivity contribution in [3.63, 3.8) is 0 Å². The van der Waals surface area contributed by atoms with Crippen molar-refractivity contribution in [2.45, 2.75) is 44.6 Å². The SMILES string of the molecule is COC(=O)CCCC#CCN1CCC[C@@H]1COC(=S)NCCC1C=CC=CC1=O. The third-order valence-electron chi connectivity index (χ3n) is 5.03. The van der Waals surface area contributed by atoms with E-state index < -0.39 is 0 Å². The summed E-state index contributed by atoms with van der Waals surface area (Å²) in [6.07, 6.45) is 11.9. The van der Waals surface area contributed by atoms with Gasteiger partial charge in [0.25, 0.3) is 5.17 Å². The number of allylic oxidation sites excluding steroid dienone is 4. The first-order valence-corrected chi connectivity index (χ1v) is 10.6. The Morgan fingerprint density at radius 3 is 3.03 bits per heavy atom. The maximum absolute atomic E-state index is 11.7. The molecule has 0 saturated carbocycles. The quantitative estimate of drug-likeness (QED) is 0.267. The Morgan fingerprint density at radius 1 is 1.38 bits per heavy atom. The maximum Gasteiger partial charge on any atom is 0.305 e. The van der Waals surface area contributed by atoms with Gasteiger partial charge in [-0.25, -0.2) is 0 Å². The number of nitrogens with zero attached hydrogens (tertiary/aromatic N) is 1. The molecule has 0 spiro atoms. The summed E-state index contributed by atoms with van der Waals surface area (Å²) in [6.45, 7) is 2.87. The summed E-state index contributed by atoms with van der Waals surface area (Å²) in [5.74, 6) is 6.18. The number of unbranched alkanes of at least 4 members (excludes halogenated alkanes) is 1. The molecule has 7 heteroatoms. The van der Waals surface area contributed by atoms with E-state index in [4.69, 9.17) is 17.0 Å². The van der Waals surface area contributed by atoms with Crippen LogP contribution in [0, 0.1) is 17.8 Å². The molecule has 2 atom stereocenters. The fourth-order valence-corrected chi connectivity index (χ4v) is 3.49. The number of likely N-dealkylation sites (tertiary alicyclic amines) is 1. The van der Waals surface area contributed by atoms with Crippen molar-refractivity contribution in [3.05, 3.63) is 24.3 Å². The zero-order valence-corrected chi connectivity index (χ0v) is 17.8. The predicted molar refractivity (Wildman–Crippen MR) is 116 cm³/mol. The molecule has 0 aromatic heterocycles. The normalized spacial score (nSPS) is 20.8. The molecule has 2 aliphatic rings. The summed E-state index contributed by atoms with van der Waals surface area (Å²) in [7, 11) is 1.40. The van der Waals surface area contributed by atoms with Crippen molar-refractivity contribution in [2.75, 3.05) is 33.4 Å². The van der Waals surface area contributed by atoms with Gasteiger partial charge in [0.15, 0.2) is 5.78 Å². The molecule has 1 fully saturated rings. The highest BCUT2D eigenvalue weighted by atomic mass is 32.1. The summed E-state index contributed by atoms with van der Waals surface area (Å²) < 4.78 is 10.3. The molecule has 1 N–H and O–H groups in total. The van der Waals surface area contributed by atoms with Gasteiger partial charge in [0.2, 0.25) is 0 Å². The van der Waals surface area contributed by atoms with E-state index in [2.05, 4.69) is 26.8 Å². The van der Waals surface area contributed by atoms with E-state index in [1.165, 1.54) is 7.11 Å². The van der Waals surface area contributed by atoms with Gasteiger partial charge in [-0.2, -0.15) is 0 Å². The number of rotatable bonds is 9. The zero-order valence-electron chi connectivity index (χ0n) is 17.0. The number of nitrogens with one attached hydrogen (secondary N) is 1. The highest BCUT2D eigenvalue weighted by Crippen LogP contribution is 2.17. The summed E-state index contributed by atoms with van der Waals surface area (Å²) >= 11 is 5.26. The first-order valence-electron chi connectivity index (χ1n) is 10.2. The van der Waals surface area contributed by atoms with Gasteiger partial charge < -0.3 is 14.8 Å². The van der Waals surface area contributed by atoms with Crippen LogP contribution in [0.25, 0.3) is 0 Å². The average Bonchev–Trinajstić information content (AvgIpc) is 3.17. The lowest BCUT2D eigenvalue weighted by Crippen LogP contribution is -2.36. The Labute approximate surface area is 178 Å². The minimum absolute atomic E-state index is 0.0770. The van der Waals surface area contributed by atoms with Gasteiger partial charge in [0.05, 0.1) is 13.7 Å². The zero-order chi connectivity index (χ0) is 20.9. The number of ether oxygens (including phenoxy) is 2. The molecule has 1 aliphatic carbocycles. The van der Waals surface area contributed by atoms with Crippen LogP contribution < -0.4 is 5.32 Å². The van der Waals surface area contributed by atoms with Crippen molar-refractivity contribution < 1.29 is 19.1 Å². The first kappa shape index (κ1) is 23.1. The van der Waals surface area contributed by atoms with E-state index in [0.29, 0.717) is 50.2 Å². The molecule has 6 nitrogen and oxygen atoms in total. The number of carbonyl (C=O) groups excluding carboxylic acids is 2. The van der Waals surface area contributed by atoms with Crippen LogP contribution in [0.3, 0.4) is 0 Å². The van der Waals surface area contributed by atoms with E-state index in [0.717, 1.165) is 25.8 Å². The van der Waals surface area contributed by atoms with Crippen LogP contribution in [0.1, 0.15) is 38.5 Å². The molecule has 158 valence electrons. The Morgan fingerprint density at radius 2 is 2.24 bits per heavy atom. The van der Waals surface area contributed by atoms with Crippen LogP contribution >= 0.6 is 12.2 Å². The van der Waals surface area contributed by atoms with Crippen LogP contribution in [0.5, 0.6) is 0 Å². The summed E-state index contributed by atoms with van der Waals surface area (Å²) in [5, 5.41) is 3.47. The minimum Gasteiger partial charge on any atom is -0.469 e. The lowest BCUT2D eigenvalue weighted by Gasteiger charge is -2.22. The van der Waals surface area contributed by atoms with Gasteiger partial charge in [0.1, 0.15) is 6.61 Å². The third kappa shape index (κ3) is 8.80.